The van der Waals surface area contributed by atoms with Crippen LogP contribution in [0.3, 0.4) is 0 Å². The Morgan fingerprint density at radius 2 is 2.18 bits per heavy atom. The van der Waals surface area contributed by atoms with Gasteiger partial charge in [0, 0.05) is 11.8 Å². The Hall–Kier alpha value is -0.970. The lowest BCUT2D eigenvalue weighted by atomic mass is 10.0. The number of Topliss-reactive ketones (excluding diaryl/α,β-unsaturated/α-hetero) is 1. The highest BCUT2D eigenvalue weighted by atomic mass is 79.9. The summed E-state index contributed by atoms with van der Waals surface area (Å²) >= 11 is 3.15. The second kappa shape index (κ2) is 6.69. The molecule has 0 N–H and O–H groups in total. The number of ether oxygens (including phenoxy) is 1. The van der Waals surface area contributed by atoms with Crippen LogP contribution in [-0.2, 0) is 6.42 Å². The predicted molar refractivity (Wildman–Crippen MR) is 65.2 cm³/mol. The fourth-order valence-corrected chi connectivity index (χ4v) is 1.89. The van der Waals surface area contributed by atoms with Gasteiger partial charge in [-0.3, -0.25) is 4.79 Å². The van der Waals surface area contributed by atoms with Crippen LogP contribution in [0.25, 0.3) is 0 Å². The maximum Gasteiger partial charge on any atom is 0.387 e. The normalized spacial score (nSPS) is 10.6. The first-order chi connectivity index (χ1) is 8.10. The van der Waals surface area contributed by atoms with Crippen molar-refractivity contribution in [2.45, 2.75) is 26.4 Å². The van der Waals surface area contributed by atoms with E-state index in [1.54, 1.807) is 12.1 Å². The average molecular weight is 307 g/mol. The Morgan fingerprint density at radius 1 is 1.47 bits per heavy atom. The van der Waals surface area contributed by atoms with E-state index in [2.05, 4.69) is 20.7 Å². The summed E-state index contributed by atoms with van der Waals surface area (Å²) in [6, 6.07) is 4.88. The topological polar surface area (TPSA) is 26.3 Å². The Bertz CT molecular complexity index is 394. The molecule has 1 rings (SSSR count). The Balaban J connectivity index is 3.14. The van der Waals surface area contributed by atoms with E-state index in [0.717, 1.165) is 0 Å². The van der Waals surface area contributed by atoms with Gasteiger partial charge in [-0.05, 0) is 18.1 Å². The van der Waals surface area contributed by atoms with Gasteiger partial charge < -0.3 is 4.74 Å². The summed E-state index contributed by atoms with van der Waals surface area (Å²) in [6.07, 6.45) is 0.796. The molecule has 94 valence electrons. The SMILES string of the molecule is CCc1cccc(C(=O)CCBr)c1OC(F)F. The van der Waals surface area contributed by atoms with Crippen LogP contribution in [-0.4, -0.2) is 17.7 Å². The third-order valence-electron chi connectivity index (χ3n) is 2.31. The number of alkyl halides is 3. The van der Waals surface area contributed by atoms with Crippen LogP contribution in [0, 0.1) is 0 Å². The summed E-state index contributed by atoms with van der Waals surface area (Å²) < 4.78 is 29.1. The quantitative estimate of drug-likeness (QED) is 0.590. The van der Waals surface area contributed by atoms with Crippen molar-refractivity contribution in [3.63, 3.8) is 0 Å². The molecule has 0 aliphatic carbocycles. The fraction of sp³-hybridized carbons (Fsp3) is 0.417. The summed E-state index contributed by atoms with van der Waals surface area (Å²) in [5, 5.41) is 0.496. The van der Waals surface area contributed by atoms with Gasteiger partial charge in [-0.1, -0.05) is 35.0 Å². The molecule has 0 heterocycles. The minimum absolute atomic E-state index is 0.0101. The van der Waals surface area contributed by atoms with Crippen LogP contribution in [0.4, 0.5) is 8.78 Å². The van der Waals surface area contributed by atoms with Crippen LogP contribution in [0.2, 0.25) is 0 Å². The molecule has 1 aromatic carbocycles. The predicted octanol–water partition coefficient (Wildman–Crippen LogP) is 3.82. The van der Waals surface area contributed by atoms with Gasteiger partial charge in [-0.25, -0.2) is 0 Å². The molecule has 5 heteroatoms. The van der Waals surface area contributed by atoms with E-state index in [9.17, 15) is 13.6 Å². The lowest BCUT2D eigenvalue weighted by molar-refractivity contribution is -0.0507. The molecular weight excluding hydrogens is 294 g/mol. The lowest BCUT2D eigenvalue weighted by Gasteiger charge is -2.13. The number of rotatable bonds is 6. The number of hydrogen-bond acceptors (Lipinski definition) is 2. The van der Waals surface area contributed by atoms with Crippen molar-refractivity contribution in [3.8, 4) is 5.75 Å². The summed E-state index contributed by atoms with van der Waals surface area (Å²) in [5.41, 5.74) is 0.842. The zero-order chi connectivity index (χ0) is 12.8. The molecule has 0 saturated heterocycles. The molecule has 0 spiro atoms. The van der Waals surface area contributed by atoms with Gasteiger partial charge in [0.05, 0.1) is 5.56 Å². The number of aryl methyl sites for hydroxylation is 1. The first-order valence-corrected chi connectivity index (χ1v) is 6.38. The van der Waals surface area contributed by atoms with Crippen LogP contribution in [0.5, 0.6) is 5.75 Å². The maximum atomic E-state index is 12.3. The molecule has 17 heavy (non-hydrogen) atoms. The Labute approximate surface area is 107 Å². The van der Waals surface area contributed by atoms with E-state index in [4.69, 9.17) is 0 Å². The van der Waals surface area contributed by atoms with E-state index in [-0.39, 0.29) is 23.5 Å². The minimum Gasteiger partial charge on any atom is -0.434 e. The molecule has 0 aliphatic heterocycles. The lowest BCUT2D eigenvalue weighted by Crippen LogP contribution is -2.10. The van der Waals surface area contributed by atoms with E-state index >= 15 is 0 Å². The first kappa shape index (κ1) is 14.1. The summed E-state index contributed by atoms with van der Waals surface area (Å²) in [7, 11) is 0. The van der Waals surface area contributed by atoms with Crippen molar-refractivity contribution in [2.75, 3.05) is 5.33 Å². The molecule has 0 bridgehead atoms. The molecule has 2 nitrogen and oxygen atoms in total. The number of carbonyl (C=O) groups excluding carboxylic acids is 1. The molecule has 0 atom stereocenters. The molecule has 0 amide bonds. The van der Waals surface area contributed by atoms with E-state index in [0.29, 0.717) is 17.3 Å². The van der Waals surface area contributed by atoms with Crippen molar-refractivity contribution < 1.29 is 18.3 Å². The first-order valence-electron chi connectivity index (χ1n) is 5.26. The Kier molecular flexibility index (Phi) is 5.55. The fourth-order valence-electron chi connectivity index (χ4n) is 1.53. The van der Waals surface area contributed by atoms with E-state index in [1.807, 2.05) is 6.92 Å². The van der Waals surface area contributed by atoms with Crippen molar-refractivity contribution in [1.29, 1.82) is 0 Å². The van der Waals surface area contributed by atoms with Gasteiger partial charge in [0.2, 0.25) is 0 Å². The van der Waals surface area contributed by atoms with E-state index in [1.165, 1.54) is 6.07 Å². The Morgan fingerprint density at radius 3 is 2.71 bits per heavy atom. The summed E-state index contributed by atoms with van der Waals surface area (Å²) in [4.78, 5) is 11.8. The zero-order valence-electron chi connectivity index (χ0n) is 9.38. The largest absolute Gasteiger partial charge is 0.434 e. The maximum absolute atomic E-state index is 12.3. The number of carbonyl (C=O) groups is 1. The molecule has 0 aromatic heterocycles. The van der Waals surface area contributed by atoms with Crippen molar-refractivity contribution in [3.05, 3.63) is 29.3 Å². The van der Waals surface area contributed by atoms with Crippen LogP contribution < -0.4 is 4.74 Å². The highest BCUT2D eigenvalue weighted by Crippen LogP contribution is 2.27. The van der Waals surface area contributed by atoms with Crippen LogP contribution in [0.15, 0.2) is 18.2 Å². The zero-order valence-corrected chi connectivity index (χ0v) is 11.0. The third kappa shape index (κ3) is 3.77. The second-order valence-corrected chi connectivity index (χ2v) is 4.18. The number of benzene rings is 1. The van der Waals surface area contributed by atoms with Crippen LogP contribution >= 0.6 is 15.9 Å². The highest BCUT2D eigenvalue weighted by Gasteiger charge is 2.18. The third-order valence-corrected chi connectivity index (χ3v) is 2.70. The summed E-state index contributed by atoms with van der Waals surface area (Å²) in [6.45, 7) is -1.09. The monoisotopic (exact) mass is 306 g/mol. The number of para-hydroxylation sites is 1. The number of hydrogen-bond donors (Lipinski definition) is 0. The van der Waals surface area contributed by atoms with Gasteiger partial charge in [0.15, 0.2) is 5.78 Å². The molecular formula is C12H13BrF2O2. The molecule has 0 unspecified atom stereocenters. The summed E-state index contributed by atoms with van der Waals surface area (Å²) in [5.74, 6) is -0.191. The van der Waals surface area contributed by atoms with Gasteiger partial charge in [-0.2, -0.15) is 8.78 Å². The molecule has 0 saturated carbocycles. The highest BCUT2D eigenvalue weighted by molar-refractivity contribution is 9.09. The molecule has 1 aromatic rings. The second-order valence-electron chi connectivity index (χ2n) is 3.39. The van der Waals surface area contributed by atoms with Gasteiger partial charge >= 0.3 is 6.61 Å². The number of ketones is 1. The van der Waals surface area contributed by atoms with Crippen molar-refractivity contribution in [1.82, 2.24) is 0 Å². The standard InChI is InChI=1S/C12H13BrF2O2/c1-2-8-4-3-5-9(10(16)6-7-13)11(8)17-12(14)15/h3-5,12H,2,6-7H2,1H3. The van der Waals surface area contributed by atoms with Gasteiger partial charge in [0.25, 0.3) is 0 Å². The molecule has 0 radical (unpaired) electrons. The van der Waals surface area contributed by atoms with Crippen molar-refractivity contribution in [2.24, 2.45) is 0 Å². The molecule has 0 aliphatic rings. The van der Waals surface area contributed by atoms with Gasteiger partial charge in [-0.15, -0.1) is 0 Å². The molecule has 0 fully saturated rings. The van der Waals surface area contributed by atoms with Gasteiger partial charge in [0.1, 0.15) is 5.75 Å². The van der Waals surface area contributed by atoms with E-state index < -0.39 is 6.61 Å². The average Bonchev–Trinajstić information content (AvgIpc) is 2.28. The number of halogens is 3. The van der Waals surface area contributed by atoms with Crippen molar-refractivity contribution >= 4 is 21.7 Å². The minimum atomic E-state index is -2.92. The van der Waals surface area contributed by atoms with Crippen LogP contribution in [0.1, 0.15) is 29.3 Å². The smallest absolute Gasteiger partial charge is 0.387 e.